The average Bonchev–Trinajstić information content (AvgIpc) is 2.59. The van der Waals surface area contributed by atoms with Gasteiger partial charge in [0, 0.05) is 24.6 Å². The summed E-state index contributed by atoms with van der Waals surface area (Å²) in [4.78, 5) is 0. The molecule has 0 amide bonds. The average molecular weight is 314 g/mol. The molecule has 23 heavy (non-hydrogen) atoms. The van der Waals surface area contributed by atoms with Crippen molar-refractivity contribution in [1.82, 2.24) is 0 Å². The molecular weight excluding hydrogens is 290 g/mol. The normalized spacial score (nSPS) is 10.8. The number of methoxy groups -OCH3 is 3. The summed E-state index contributed by atoms with van der Waals surface area (Å²) in [5.41, 5.74) is 3.29. The number of pyridine rings is 1. The van der Waals surface area contributed by atoms with E-state index in [0.29, 0.717) is 0 Å². The summed E-state index contributed by atoms with van der Waals surface area (Å²) in [6.45, 7) is 2.12. The number of hydrogen-bond acceptors (Lipinski definition) is 3. The van der Waals surface area contributed by atoms with Crippen molar-refractivity contribution < 1.29 is 18.8 Å². The van der Waals surface area contributed by atoms with Crippen LogP contribution in [0.25, 0.3) is 12.2 Å². The summed E-state index contributed by atoms with van der Waals surface area (Å²) in [6.07, 6.45) is 5.04. The Labute approximate surface area is 137 Å². The quantitative estimate of drug-likeness (QED) is 0.767. The fraction of sp³-hybridized carbons (Fsp3) is 0.316. The minimum Gasteiger partial charge on any atom is -0.497 e. The molecule has 1 heterocycles. The Bertz CT molecular complexity index is 686. The van der Waals surface area contributed by atoms with Crippen LogP contribution in [0, 0.1) is 0 Å². The fourth-order valence-corrected chi connectivity index (χ4v) is 2.56. The van der Waals surface area contributed by atoms with Gasteiger partial charge < -0.3 is 14.2 Å². The standard InChI is InChI=1S/C19H24NO3/c1-6-18-19(23-5)10-9-15(20(18)2)8-7-14-11-16(21-3)13-17(12-14)22-4/h7-13H,6H2,1-5H3/q+1/b8-7+. The minimum absolute atomic E-state index is 0.775. The van der Waals surface area contributed by atoms with Crippen molar-refractivity contribution in [3.05, 3.63) is 47.3 Å². The van der Waals surface area contributed by atoms with Crippen LogP contribution >= 0.6 is 0 Å². The van der Waals surface area contributed by atoms with Crippen molar-refractivity contribution in [2.75, 3.05) is 21.3 Å². The first-order valence-electron chi connectivity index (χ1n) is 7.60. The zero-order valence-corrected chi connectivity index (χ0v) is 14.4. The van der Waals surface area contributed by atoms with Crippen LogP contribution in [0.2, 0.25) is 0 Å². The van der Waals surface area contributed by atoms with E-state index in [2.05, 4.69) is 17.6 Å². The fourth-order valence-electron chi connectivity index (χ4n) is 2.56. The van der Waals surface area contributed by atoms with E-state index in [1.165, 1.54) is 0 Å². The largest absolute Gasteiger partial charge is 0.497 e. The van der Waals surface area contributed by atoms with E-state index in [0.717, 1.165) is 40.6 Å². The Morgan fingerprint density at radius 1 is 0.913 bits per heavy atom. The SMILES string of the molecule is CCc1c(OC)ccc(/C=C/c2cc(OC)cc(OC)c2)[n+]1C. The Morgan fingerprint density at radius 2 is 1.57 bits per heavy atom. The highest BCUT2D eigenvalue weighted by atomic mass is 16.5. The van der Waals surface area contributed by atoms with E-state index in [1.807, 2.05) is 43.5 Å². The summed E-state index contributed by atoms with van der Waals surface area (Å²) < 4.78 is 18.2. The van der Waals surface area contributed by atoms with Gasteiger partial charge in [0.25, 0.3) is 0 Å². The van der Waals surface area contributed by atoms with E-state index in [4.69, 9.17) is 14.2 Å². The van der Waals surface area contributed by atoms with Crippen LogP contribution in [0.5, 0.6) is 17.2 Å². The number of hydrogen-bond donors (Lipinski definition) is 0. The van der Waals surface area contributed by atoms with Crippen molar-refractivity contribution in [3.63, 3.8) is 0 Å². The topological polar surface area (TPSA) is 31.6 Å². The van der Waals surface area contributed by atoms with Gasteiger partial charge in [-0.3, -0.25) is 0 Å². The molecule has 0 aliphatic rings. The molecule has 0 unspecified atom stereocenters. The lowest BCUT2D eigenvalue weighted by atomic mass is 10.1. The van der Waals surface area contributed by atoms with Gasteiger partial charge >= 0.3 is 0 Å². The van der Waals surface area contributed by atoms with Crippen molar-refractivity contribution in [2.45, 2.75) is 13.3 Å². The Balaban J connectivity index is 2.37. The molecule has 0 aliphatic carbocycles. The third-order valence-electron chi connectivity index (χ3n) is 3.86. The van der Waals surface area contributed by atoms with Crippen molar-refractivity contribution >= 4 is 12.2 Å². The van der Waals surface area contributed by atoms with Crippen molar-refractivity contribution in [3.8, 4) is 17.2 Å². The van der Waals surface area contributed by atoms with Crippen molar-refractivity contribution in [2.24, 2.45) is 7.05 Å². The molecule has 0 aliphatic heterocycles. The summed E-state index contributed by atoms with van der Waals surface area (Å²) in [7, 11) is 7.05. The highest BCUT2D eigenvalue weighted by Gasteiger charge is 2.15. The van der Waals surface area contributed by atoms with E-state index < -0.39 is 0 Å². The molecule has 0 bridgehead atoms. The second-order valence-corrected chi connectivity index (χ2v) is 5.17. The predicted octanol–water partition coefficient (Wildman–Crippen LogP) is 3.27. The summed E-state index contributed by atoms with van der Waals surface area (Å²) in [5.74, 6) is 2.46. The molecule has 2 aromatic rings. The number of rotatable bonds is 6. The van der Waals surface area contributed by atoms with Crippen LogP contribution in [0.15, 0.2) is 30.3 Å². The van der Waals surface area contributed by atoms with Crippen LogP contribution in [0.4, 0.5) is 0 Å². The third kappa shape index (κ3) is 3.83. The second kappa shape index (κ2) is 7.68. The molecule has 0 atom stereocenters. The van der Waals surface area contributed by atoms with Crippen LogP contribution in [-0.4, -0.2) is 21.3 Å². The van der Waals surface area contributed by atoms with E-state index in [1.54, 1.807) is 21.3 Å². The number of benzene rings is 1. The Kier molecular flexibility index (Phi) is 5.63. The lowest BCUT2D eigenvalue weighted by molar-refractivity contribution is -0.681. The van der Waals surface area contributed by atoms with Crippen molar-refractivity contribution in [1.29, 1.82) is 0 Å². The maximum absolute atomic E-state index is 5.42. The molecule has 0 spiro atoms. The molecule has 1 aromatic heterocycles. The maximum atomic E-state index is 5.42. The highest BCUT2D eigenvalue weighted by Crippen LogP contribution is 2.24. The van der Waals surface area contributed by atoms with Gasteiger partial charge in [-0.15, -0.1) is 0 Å². The van der Waals surface area contributed by atoms with Gasteiger partial charge in [-0.05, 0) is 29.8 Å². The van der Waals surface area contributed by atoms with E-state index in [9.17, 15) is 0 Å². The smallest absolute Gasteiger partial charge is 0.223 e. The number of nitrogens with zero attached hydrogens (tertiary/aromatic N) is 1. The molecule has 2 rings (SSSR count). The van der Waals surface area contributed by atoms with Gasteiger partial charge in [-0.25, -0.2) is 0 Å². The zero-order chi connectivity index (χ0) is 16.8. The maximum Gasteiger partial charge on any atom is 0.223 e. The molecule has 4 heteroatoms. The number of ether oxygens (including phenoxy) is 3. The third-order valence-corrected chi connectivity index (χ3v) is 3.86. The molecule has 122 valence electrons. The zero-order valence-electron chi connectivity index (χ0n) is 14.4. The van der Waals surface area contributed by atoms with Crippen LogP contribution in [0.1, 0.15) is 23.9 Å². The first kappa shape index (κ1) is 16.9. The van der Waals surface area contributed by atoms with E-state index in [-0.39, 0.29) is 0 Å². The van der Waals surface area contributed by atoms with Gasteiger partial charge in [0.15, 0.2) is 5.75 Å². The molecular formula is C19H24NO3+. The van der Waals surface area contributed by atoms with Gasteiger partial charge in [0.2, 0.25) is 11.4 Å². The lowest BCUT2D eigenvalue weighted by Gasteiger charge is -2.07. The van der Waals surface area contributed by atoms with Crippen LogP contribution in [0.3, 0.4) is 0 Å². The Hall–Kier alpha value is -2.49. The van der Waals surface area contributed by atoms with E-state index >= 15 is 0 Å². The van der Waals surface area contributed by atoms with Gasteiger partial charge in [0.1, 0.15) is 18.5 Å². The predicted molar refractivity (Wildman–Crippen MR) is 92.0 cm³/mol. The van der Waals surface area contributed by atoms with Gasteiger partial charge in [-0.1, -0.05) is 6.92 Å². The first-order valence-corrected chi connectivity index (χ1v) is 7.60. The summed E-state index contributed by atoms with van der Waals surface area (Å²) in [5, 5.41) is 0. The highest BCUT2D eigenvalue weighted by molar-refractivity contribution is 5.69. The Morgan fingerprint density at radius 3 is 2.09 bits per heavy atom. The van der Waals surface area contributed by atoms with Gasteiger partial charge in [0.05, 0.1) is 21.3 Å². The summed E-state index contributed by atoms with van der Waals surface area (Å²) in [6, 6.07) is 9.86. The van der Waals surface area contributed by atoms with Crippen LogP contribution < -0.4 is 18.8 Å². The molecule has 1 aromatic carbocycles. The minimum atomic E-state index is 0.775. The first-order chi connectivity index (χ1) is 11.1. The second-order valence-electron chi connectivity index (χ2n) is 5.17. The molecule has 0 fully saturated rings. The lowest BCUT2D eigenvalue weighted by Crippen LogP contribution is -2.37. The monoisotopic (exact) mass is 314 g/mol. The molecule has 0 radical (unpaired) electrons. The van der Waals surface area contributed by atoms with Crippen LogP contribution in [-0.2, 0) is 13.5 Å². The number of aromatic nitrogens is 1. The molecule has 4 nitrogen and oxygen atoms in total. The molecule has 0 N–H and O–H groups in total. The van der Waals surface area contributed by atoms with Gasteiger partial charge in [-0.2, -0.15) is 4.57 Å². The molecule has 0 saturated carbocycles. The molecule has 0 saturated heterocycles. The summed E-state index contributed by atoms with van der Waals surface area (Å²) >= 11 is 0.